The standard InChI is InChI=1S/C6H12N2O/c1-5-3-6(4-7-2)9-8-5/h3,5,7-8H,4H2,1-2H3. The molecule has 0 spiro atoms. The minimum Gasteiger partial charge on any atom is -0.412 e. The summed E-state index contributed by atoms with van der Waals surface area (Å²) in [5, 5.41) is 3.00. The first-order chi connectivity index (χ1) is 4.33. The zero-order valence-electron chi connectivity index (χ0n) is 5.77. The summed E-state index contributed by atoms with van der Waals surface area (Å²) >= 11 is 0. The Hall–Kier alpha value is -0.540. The molecule has 1 unspecified atom stereocenters. The van der Waals surface area contributed by atoms with E-state index in [1.54, 1.807) is 0 Å². The van der Waals surface area contributed by atoms with Crippen molar-refractivity contribution in [2.75, 3.05) is 13.6 Å². The van der Waals surface area contributed by atoms with Crippen molar-refractivity contribution in [3.8, 4) is 0 Å². The predicted molar refractivity (Wildman–Crippen MR) is 35.7 cm³/mol. The zero-order chi connectivity index (χ0) is 6.69. The minimum absolute atomic E-state index is 0.355. The van der Waals surface area contributed by atoms with Crippen LogP contribution in [0.3, 0.4) is 0 Å². The van der Waals surface area contributed by atoms with Crippen LogP contribution in [0.15, 0.2) is 11.8 Å². The van der Waals surface area contributed by atoms with Crippen molar-refractivity contribution in [3.05, 3.63) is 11.8 Å². The average Bonchev–Trinajstić information content (AvgIpc) is 2.17. The molecule has 0 saturated carbocycles. The normalized spacial score (nSPS) is 25.6. The van der Waals surface area contributed by atoms with Crippen molar-refractivity contribution in [3.63, 3.8) is 0 Å². The summed E-state index contributed by atoms with van der Waals surface area (Å²) in [4.78, 5) is 5.05. The van der Waals surface area contributed by atoms with Crippen molar-refractivity contribution >= 4 is 0 Å². The van der Waals surface area contributed by atoms with Gasteiger partial charge in [-0.25, -0.2) is 0 Å². The molecule has 1 rings (SSSR count). The van der Waals surface area contributed by atoms with Gasteiger partial charge in [-0.2, -0.15) is 5.48 Å². The van der Waals surface area contributed by atoms with E-state index in [0.717, 1.165) is 12.3 Å². The van der Waals surface area contributed by atoms with Crippen LogP contribution in [-0.4, -0.2) is 19.6 Å². The van der Waals surface area contributed by atoms with Crippen LogP contribution >= 0.6 is 0 Å². The number of hydrogen-bond donors (Lipinski definition) is 2. The van der Waals surface area contributed by atoms with E-state index in [9.17, 15) is 0 Å². The molecule has 0 bridgehead atoms. The quantitative estimate of drug-likeness (QED) is 0.549. The lowest BCUT2D eigenvalue weighted by Gasteiger charge is -2.00. The smallest absolute Gasteiger partial charge is 0.135 e. The highest BCUT2D eigenvalue weighted by atomic mass is 16.7. The summed E-state index contributed by atoms with van der Waals surface area (Å²) in [5.74, 6) is 0.977. The molecule has 0 aromatic heterocycles. The van der Waals surface area contributed by atoms with Crippen molar-refractivity contribution in [2.45, 2.75) is 13.0 Å². The van der Waals surface area contributed by atoms with Crippen LogP contribution < -0.4 is 10.8 Å². The maximum absolute atomic E-state index is 5.05. The van der Waals surface area contributed by atoms with Crippen molar-refractivity contribution in [1.82, 2.24) is 10.8 Å². The molecular weight excluding hydrogens is 116 g/mol. The topological polar surface area (TPSA) is 33.3 Å². The maximum Gasteiger partial charge on any atom is 0.135 e. The maximum atomic E-state index is 5.05. The molecule has 0 aromatic carbocycles. The van der Waals surface area contributed by atoms with Crippen LogP contribution in [0.4, 0.5) is 0 Å². The molecule has 3 nitrogen and oxygen atoms in total. The average molecular weight is 128 g/mol. The Bertz CT molecular complexity index is 122. The molecule has 0 fully saturated rings. The Morgan fingerprint density at radius 3 is 3.11 bits per heavy atom. The third-order valence-corrected chi connectivity index (χ3v) is 1.16. The van der Waals surface area contributed by atoms with E-state index in [0.29, 0.717) is 6.04 Å². The minimum atomic E-state index is 0.355. The molecule has 3 heteroatoms. The van der Waals surface area contributed by atoms with Crippen LogP contribution in [-0.2, 0) is 4.84 Å². The Morgan fingerprint density at radius 2 is 2.67 bits per heavy atom. The second kappa shape index (κ2) is 2.85. The molecule has 0 saturated heterocycles. The molecule has 1 heterocycles. The monoisotopic (exact) mass is 128 g/mol. The Balaban J connectivity index is 2.33. The van der Waals surface area contributed by atoms with Gasteiger partial charge in [-0.15, -0.1) is 0 Å². The molecule has 1 aliphatic heterocycles. The third-order valence-electron chi connectivity index (χ3n) is 1.16. The number of likely N-dealkylation sites (N-methyl/N-ethyl adjacent to an activating group) is 1. The fourth-order valence-corrected chi connectivity index (χ4v) is 0.785. The van der Waals surface area contributed by atoms with Crippen LogP contribution in [0.2, 0.25) is 0 Å². The lowest BCUT2D eigenvalue weighted by Crippen LogP contribution is -2.17. The summed E-state index contributed by atoms with van der Waals surface area (Å²) in [5.41, 5.74) is 2.82. The van der Waals surface area contributed by atoms with E-state index in [2.05, 4.69) is 16.9 Å². The molecule has 1 atom stereocenters. The molecule has 2 N–H and O–H groups in total. The van der Waals surface area contributed by atoms with Gasteiger partial charge in [0.1, 0.15) is 5.76 Å². The Morgan fingerprint density at radius 1 is 1.89 bits per heavy atom. The highest BCUT2D eigenvalue weighted by Crippen LogP contribution is 2.03. The molecule has 0 amide bonds. The van der Waals surface area contributed by atoms with E-state index in [1.165, 1.54) is 0 Å². The zero-order valence-corrected chi connectivity index (χ0v) is 5.77. The second-order valence-corrected chi connectivity index (χ2v) is 2.17. The fraction of sp³-hybridized carbons (Fsp3) is 0.667. The lowest BCUT2D eigenvalue weighted by atomic mass is 10.3. The van der Waals surface area contributed by atoms with E-state index in [4.69, 9.17) is 4.84 Å². The molecule has 1 aliphatic rings. The molecule has 0 radical (unpaired) electrons. The van der Waals surface area contributed by atoms with Crippen LogP contribution in [0.25, 0.3) is 0 Å². The van der Waals surface area contributed by atoms with Crippen LogP contribution in [0.1, 0.15) is 6.92 Å². The van der Waals surface area contributed by atoms with Gasteiger partial charge in [-0.1, -0.05) is 0 Å². The van der Waals surface area contributed by atoms with Crippen LogP contribution in [0.5, 0.6) is 0 Å². The van der Waals surface area contributed by atoms with Gasteiger partial charge in [0, 0.05) is 0 Å². The first-order valence-corrected chi connectivity index (χ1v) is 3.10. The summed E-state index contributed by atoms with van der Waals surface area (Å²) in [6.07, 6.45) is 2.05. The van der Waals surface area contributed by atoms with E-state index in [-0.39, 0.29) is 0 Å². The highest BCUT2D eigenvalue weighted by molar-refractivity contribution is 5.03. The van der Waals surface area contributed by atoms with Gasteiger partial charge < -0.3 is 10.2 Å². The van der Waals surface area contributed by atoms with E-state index in [1.807, 2.05) is 14.0 Å². The summed E-state index contributed by atoms with van der Waals surface area (Å²) in [7, 11) is 1.90. The number of nitrogens with one attached hydrogen (secondary N) is 2. The van der Waals surface area contributed by atoms with Gasteiger partial charge in [-0.05, 0) is 20.0 Å². The Labute approximate surface area is 55.0 Å². The summed E-state index contributed by atoms with van der Waals surface area (Å²) in [6.45, 7) is 2.85. The summed E-state index contributed by atoms with van der Waals surface area (Å²) in [6, 6.07) is 0.355. The molecule has 9 heavy (non-hydrogen) atoms. The second-order valence-electron chi connectivity index (χ2n) is 2.17. The number of rotatable bonds is 2. The highest BCUT2D eigenvalue weighted by Gasteiger charge is 2.09. The number of hydrogen-bond acceptors (Lipinski definition) is 3. The molecule has 52 valence electrons. The Kier molecular flexibility index (Phi) is 2.08. The van der Waals surface area contributed by atoms with Crippen LogP contribution in [0, 0.1) is 0 Å². The van der Waals surface area contributed by atoms with Gasteiger partial charge in [-0.3, -0.25) is 0 Å². The van der Waals surface area contributed by atoms with Crippen molar-refractivity contribution in [1.29, 1.82) is 0 Å². The van der Waals surface area contributed by atoms with Gasteiger partial charge in [0.15, 0.2) is 0 Å². The van der Waals surface area contributed by atoms with E-state index < -0.39 is 0 Å². The van der Waals surface area contributed by atoms with Gasteiger partial charge in [0.2, 0.25) is 0 Å². The fourth-order valence-electron chi connectivity index (χ4n) is 0.785. The summed E-state index contributed by atoms with van der Waals surface area (Å²) < 4.78 is 0. The first kappa shape index (κ1) is 6.58. The first-order valence-electron chi connectivity index (χ1n) is 3.10. The lowest BCUT2D eigenvalue weighted by molar-refractivity contribution is 0.117. The molecule has 0 aliphatic carbocycles. The van der Waals surface area contributed by atoms with Gasteiger partial charge in [0.25, 0.3) is 0 Å². The largest absolute Gasteiger partial charge is 0.412 e. The SMILES string of the molecule is CNCC1=CC(C)NO1. The van der Waals surface area contributed by atoms with Gasteiger partial charge >= 0.3 is 0 Å². The number of hydroxylamine groups is 1. The molecule has 0 aromatic rings. The molecular formula is C6H12N2O. The predicted octanol–water partition coefficient (Wildman–Crippen LogP) is 0.0130. The van der Waals surface area contributed by atoms with E-state index >= 15 is 0 Å². The van der Waals surface area contributed by atoms with Crippen molar-refractivity contribution < 1.29 is 4.84 Å². The third kappa shape index (κ3) is 1.69. The van der Waals surface area contributed by atoms with Gasteiger partial charge in [0.05, 0.1) is 12.6 Å². The van der Waals surface area contributed by atoms with Crippen molar-refractivity contribution in [2.24, 2.45) is 0 Å².